The number of carbonyl (C=O) groups excluding carboxylic acids is 1. The van der Waals surface area contributed by atoms with Crippen LogP contribution < -0.4 is 5.56 Å². The van der Waals surface area contributed by atoms with Gasteiger partial charge in [-0.25, -0.2) is 4.98 Å². The number of aliphatic hydroxyl groups is 1. The van der Waals surface area contributed by atoms with Crippen molar-refractivity contribution in [3.05, 3.63) is 61.8 Å². The Bertz CT molecular complexity index is 1140. The molecule has 0 bridgehead atoms. The number of piperidine rings is 1. The normalized spacial score (nSPS) is 16.2. The largest absolute Gasteiger partial charge is 0.388 e. The number of carbonyl (C=O) groups is 1. The van der Waals surface area contributed by atoms with Gasteiger partial charge in [-0.2, -0.15) is 0 Å². The molecule has 158 valence electrons. The molecule has 1 amide bonds. The Morgan fingerprint density at radius 2 is 1.93 bits per heavy atom. The van der Waals surface area contributed by atoms with Gasteiger partial charge in [-0.1, -0.05) is 19.1 Å². The van der Waals surface area contributed by atoms with Gasteiger partial charge in [-0.15, -0.1) is 11.3 Å². The molecule has 1 N–H and O–H groups in total. The van der Waals surface area contributed by atoms with E-state index in [4.69, 9.17) is 0 Å². The molecule has 6 nitrogen and oxygen atoms in total. The van der Waals surface area contributed by atoms with Gasteiger partial charge in [0.2, 0.25) is 0 Å². The maximum atomic E-state index is 13.1. The fraction of sp³-hybridized carbons (Fsp3) is 0.435. The van der Waals surface area contributed by atoms with Gasteiger partial charge < -0.3 is 10.0 Å². The second-order valence-electron chi connectivity index (χ2n) is 8.16. The molecule has 0 unspecified atom stereocenters. The number of rotatable bonds is 4. The zero-order valence-corrected chi connectivity index (χ0v) is 18.5. The summed E-state index contributed by atoms with van der Waals surface area (Å²) in [5.74, 6) is 0.701. The summed E-state index contributed by atoms with van der Waals surface area (Å²) in [5.41, 5.74) is 0.668. The van der Waals surface area contributed by atoms with Crippen LogP contribution >= 0.6 is 11.3 Å². The molecule has 3 heterocycles. The molecule has 0 spiro atoms. The van der Waals surface area contributed by atoms with Crippen LogP contribution in [0.2, 0.25) is 0 Å². The van der Waals surface area contributed by atoms with E-state index < -0.39 is 5.60 Å². The third kappa shape index (κ3) is 3.79. The number of fused-ring (bicyclic) bond motifs is 1. The van der Waals surface area contributed by atoms with Crippen molar-refractivity contribution in [3.8, 4) is 0 Å². The summed E-state index contributed by atoms with van der Waals surface area (Å²) in [6.07, 6.45) is 1.48. The van der Waals surface area contributed by atoms with Gasteiger partial charge in [0.25, 0.3) is 11.5 Å². The summed E-state index contributed by atoms with van der Waals surface area (Å²) in [6.45, 7) is 7.14. The number of para-hydroxylation sites is 1. The molecule has 2 aromatic heterocycles. The fourth-order valence-electron chi connectivity index (χ4n) is 4.06. The molecule has 1 saturated heterocycles. The predicted octanol–water partition coefficient (Wildman–Crippen LogP) is 3.30. The number of benzene rings is 1. The molecule has 1 aromatic carbocycles. The Hall–Kier alpha value is -2.51. The quantitative estimate of drug-likeness (QED) is 0.696. The zero-order chi connectivity index (χ0) is 21.5. The monoisotopic (exact) mass is 425 g/mol. The van der Waals surface area contributed by atoms with E-state index in [-0.39, 0.29) is 18.0 Å². The molecule has 0 saturated carbocycles. The minimum absolute atomic E-state index is 0.0250. The van der Waals surface area contributed by atoms with Gasteiger partial charge in [0.05, 0.1) is 27.9 Å². The Labute approximate surface area is 179 Å². The van der Waals surface area contributed by atoms with Crippen molar-refractivity contribution in [1.29, 1.82) is 0 Å². The van der Waals surface area contributed by atoms with Crippen molar-refractivity contribution in [2.75, 3.05) is 13.1 Å². The molecule has 1 fully saturated rings. The standard InChI is InChI=1S/C23H27N3O3S/c1-4-20-24-18-8-6-5-7-17(18)21(27)26(20)14-23(29)9-11-25(12-10-23)22(28)19-13-15(2)16(3)30-19/h5-8,13,29H,4,9-12,14H2,1-3H3. The summed E-state index contributed by atoms with van der Waals surface area (Å²) >= 11 is 1.52. The molecule has 30 heavy (non-hydrogen) atoms. The SMILES string of the molecule is CCc1nc2ccccc2c(=O)n1CC1(O)CCN(C(=O)c2cc(C)c(C)s2)CC1. The van der Waals surface area contributed by atoms with Gasteiger partial charge in [-0.3, -0.25) is 14.2 Å². The first-order valence-electron chi connectivity index (χ1n) is 10.4. The number of hydrogen-bond donors (Lipinski definition) is 1. The van der Waals surface area contributed by atoms with E-state index in [0.717, 1.165) is 15.3 Å². The average molecular weight is 426 g/mol. The van der Waals surface area contributed by atoms with E-state index in [1.54, 1.807) is 15.5 Å². The van der Waals surface area contributed by atoms with Crippen LogP contribution in [0.25, 0.3) is 10.9 Å². The van der Waals surface area contributed by atoms with Crippen molar-refractivity contribution >= 4 is 28.1 Å². The molecular formula is C23H27N3O3S. The Morgan fingerprint density at radius 1 is 1.23 bits per heavy atom. The first-order chi connectivity index (χ1) is 14.3. The lowest BCUT2D eigenvalue weighted by atomic mass is 9.91. The number of aromatic nitrogens is 2. The molecule has 1 aliphatic heterocycles. The van der Waals surface area contributed by atoms with E-state index in [1.165, 1.54) is 11.3 Å². The number of aryl methyl sites for hydroxylation is 3. The van der Waals surface area contributed by atoms with Gasteiger partial charge in [0.1, 0.15) is 5.82 Å². The average Bonchev–Trinajstić information content (AvgIpc) is 3.08. The van der Waals surface area contributed by atoms with Crippen LogP contribution in [0.1, 0.15) is 45.7 Å². The van der Waals surface area contributed by atoms with Crippen molar-refractivity contribution < 1.29 is 9.90 Å². The van der Waals surface area contributed by atoms with Crippen LogP contribution in [0.5, 0.6) is 0 Å². The summed E-state index contributed by atoms with van der Waals surface area (Å²) in [5, 5.41) is 11.8. The fourth-order valence-corrected chi connectivity index (χ4v) is 5.06. The Morgan fingerprint density at radius 3 is 2.57 bits per heavy atom. The van der Waals surface area contributed by atoms with E-state index in [0.29, 0.717) is 49.1 Å². The topological polar surface area (TPSA) is 75.4 Å². The Balaban J connectivity index is 1.53. The summed E-state index contributed by atoms with van der Waals surface area (Å²) in [6, 6.07) is 9.25. The highest BCUT2D eigenvalue weighted by atomic mass is 32.1. The van der Waals surface area contributed by atoms with Crippen molar-refractivity contribution in [2.45, 2.75) is 52.2 Å². The highest BCUT2D eigenvalue weighted by Gasteiger charge is 2.35. The third-order valence-corrected chi connectivity index (χ3v) is 7.21. The molecule has 7 heteroatoms. The lowest BCUT2D eigenvalue weighted by Crippen LogP contribution is -2.50. The van der Waals surface area contributed by atoms with Gasteiger partial charge in [-0.05, 0) is 50.5 Å². The summed E-state index contributed by atoms with van der Waals surface area (Å²) in [7, 11) is 0. The summed E-state index contributed by atoms with van der Waals surface area (Å²) in [4.78, 5) is 34.2. The number of amides is 1. The molecule has 3 aromatic rings. The van der Waals surface area contributed by atoms with E-state index in [2.05, 4.69) is 4.98 Å². The lowest BCUT2D eigenvalue weighted by molar-refractivity contribution is -0.0303. The van der Waals surface area contributed by atoms with Gasteiger partial charge >= 0.3 is 0 Å². The van der Waals surface area contributed by atoms with Crippen LogP contribution in [0.15, 0.2) is 35.1 Å². The molecule has 0 atom stereocenters. The second-order valence-corrected chi connectivity index (χ2v) is 9.41. The molecule has 1 aliphatic rings. The van der Waals surface area contributed by atoms with E-state index in [9.17, 15) is 14.7 Å². The molecule has 0 radical (unpaired) electrons. The smallest absolute Gasteiger partial charge is 0.263 e. The number of likely N-dealkylation sites (tertiary alicyclic amines) is 1. The van der Waals surface area contributed by atoms with Crippen molar-refractivity contribution in [3.63, 3.8) is 0 Å². The number of hydrogen-bond acceptors (Lipinski definition) is 5. The highest BCUT2D eigenvalue weighted by molar-refractivity contribution is 7.14. The van der Waals surface area contributed by atoms with Crippen molar-refractivity contribution in [1.82, 2.24) is 14.5 Å². The first kappa shape index (κ1) is 20.8. The lowest BCUT2D eigenvalue weighted by Gasteiger charge is -2.38. The number of thiophene rings is 1. The third-order valence-electron chi connectivity index (χ3n) is 6.07. The molecule has 4 rings (SSSR count). The van der Waals surface area contributed by atoms with Crippen molar-refractivity contribution in [2.24, 2.45) is 0 Å². The second kappa shape index (κ2) is 7.96. The Kier molecular flexibility index (Phi) is 5.51. The van der Waals surface area contributed by atoms with E-state index in [1.807, 2.05) is 45.0 Å². The van der Waals surface area contributed by atoms with Gasteiger partial charge in [0, 0.05) is 24.4 Å². The van der Waals surface area contributed by atoms with Crippen LogP contribution in [0.4, 0.5) is 0 Å². The van der Waals surface area contributed by atoms with Crippen LogP contribution in [0.3, 0.4) is 0 Å². The summed E-state index contributed by atoms with van der Waals surface area (Å²) < 4.78 is 1.62. The molecular weight excluding hydrogens is 398 g/mol. The molecule has 0 aliphatic carbocycles. The minimum Gasteiger partial charge on any atom is -0.388 e. The van der Waals surface area contributed by atoms with Crippen LogP contribution in [0, 0.1) is 13.8 Å². The highest BCUT2D eigenvalue weighted by Crippen LogP contribution is 2.28. The van der Waals surface area contributed by atoms with Crippen LogP contribution in [-0.4, -0.2) is 44.2 Å². The first-order valence-corrected chi connectivity index (χ1v) is 11.2. The van der Waals surface area contributed by atoms with E-state index >= 15 is 0 Å². The maximum absolute atomic E-state index is 13.1. The minimum atomic E-state index is -1.03. The number of nitrogens with zero attached hydrogens (tertiary/aromatic N) is 3. The van der Waals surface area contributed by atoms with Gasteiger partial charge in [0.15, 0.2) is 0 Å². The predicted molar refractivity (Wildman–Crippen MR) is 119 cm³/mol. The zero-order valence-electron chi connectivity index (χ0n) is 17.6. The van der Waals surface area contributed by atoms with Crippen LogP contribution in [-0.2, 0) is 13.0 Å². The maximum Gasteiger partial charge on any atom is 0.263 e.